The van der Waals surface area contributed by atoms with Crippen LogP contribution in [0, 0.1) is 18.3 Å². The fourth-order valence-electron chi connectivity index (χ4n) is 1.67. The Balaban J connectivity index is 2.73. The highest BCUT2D eigenvalue weighted by Crippen LogP contribution is 2.21. The van der Waals surface area contributed by atoms with Crippen molar-refractivity contribution in [2.75, 3.05) is 13.2 Å². The zero-order valence-electron chi connectivity index (χ0n) is 8.22. The van der Waals surface area contributed by atoms with Gasteiger partial charge in [0, 0.05) is 31.9 Å². The topological polar surface area (TPSA) is 77.8 Å². The van der Waals surface area contributed by atoms with Crippen LogP contribution in [0.5, 0.6) is 0 Å². The third-order valence-corrected chi connectivity index (χ3v) is 2.47. The minimum absolute atomic E-state index is 0.000772. The number of hydrogen-bond acceptors (Lipinski definition) is 3. The predicted octanol–water partition coefficient (Wildman–Crippen LogP) is -0.696. The van der Waals surface area contributed by atoms with E-state index in [2.05, 4.69) is 5.92 Å². The molecular formula is C10H13NO4. The number of aliphatic hydroxyl groups excluding tert-OH is 1. The molecule has 0 spiro atoms. The van der Waals surface area contributed by atoms with Gasteiger partial charge in [0.2, 0.25) is 5.91 Å². The Morgan fingerprint density at radius 1 is 1.73 bits per heavy atom. The Kier molecular flexibility index (Phi) is 3.69. The smallest absolute Gasteiger partial charge is 0.327 e. The van der Waals surface area contributed by atoms with Gasteiger partial charge in [-0.1, -0.05) is 0 Å². The zero-order valence-corrected chi connectivity index (χ0v) is 8.22. The van der Waals surface area contributed by atoms with E-state index in [0.29, 0.717) is 0 Å². The molecule has 1 heterocycles. The summed E-state index contributed by atoms with van der Waals surface area (Å²) in [4.78, 5) is 23.6. The van der Waals surface area contributed by atoms with Gasteiger partial charge in [-0.25, -0.2) is 4.79 Å². The molecule has 15 heavy (non-hydrogen) atoms. The molecule has 1 unspecified atom stereocenters. The molecule has 0 radical (unpaired) electrons. The number of rotatable bonds is 4. The number of terminal acetylenes is 1. The first-order valence-corrected chi connectivity index (χ1v) is 4.66. The minimum atomic E-state index is -1.10. The van der Waals surface area contributed by atoms with Gasteiger partial charge in [-0.05, 0) is 0 Å². The number of hydrogen-bond donors (Lipinski definition) is 2. The predicted molar refractivity (Wildman–Crippen MR) is 51.8 cm³/mol. The first-order chi connectivity index (χ1) is 7.10. The molecule has 5 heteroatoms. The summed E-state index contributed by atoms with van der Waals surface area (Å²) in [6.45, 7) is 0.165. The van der Waals surface area contributed by atoms with E-state index in [1.54, 1.807) is 0 Å². The number of aliphatic carboxylic acids is 1. The van der Waals surface area contributed by atoms with Crippen molar-refractivity contribution in [2.45, 2.75) is 18.9 Å². The van der Waals surface area contributed by atoms with E-state index in [1.165, 1.54) is 4.90 Å². The van der Waals surface area contributed by atoms with Crippen LogP contribution in [-0.2, 0) is 9.59 Å². The van der Waals surface area contributed by atoms with E-state index in [0.717, 1.165) is 0 Å². The second kappa shape index (κ2) is 4.80. The second-order valence-electron chi connectivity index (χ2n) is 3.56. The molecule has 1 aliphatic heterocycles. The summed E-state index contributed by atoms with van der Waals surface area (Å²) in [5, 5.41) is 17.8. The molecule has 0 aromatic rings. The molecule has 1 aliphatic rings. The highest BCUT2D eigenvalue weighted by molar-refractivity contribution is 5.85. The molecule has 5 nitrogen and oxygen atoms in total. The van der Waals surface area contributed by atoms with Crippen LogP contribution in [0.3, 0.4) is 0 Å². The molecule has 0 saturated carbocycles. The fourth-order valence-corrected chi connectivity index (χ4v) is 1.67. The molecule has 2 N–H and O–H groups in total. The van der Waals surface area contributed by atoms with E-state index in [1.807, 2.05) is 0 Å². The van der Waals surface area contributed by atoms with Crippen LogP contribution in [0.1, 0.15) is 12.8 Å². The Morgan fingerprint density at radius 3 is 2.80 bits per heavy atom. The standard InChI is InChI=1S/C10H13NO4/c1-2-3-8(10(14)15)11-5-7(6-12)4-9(11)13/h1,7-8,12H,3-6H2,(H,14,15)/t7?,8-/m0/s1. The third kappa shape index (κ3) is 2.48. The van der Waals surface area contributed by atoms with Crippen molar-refractivity contribution in [3.63, 3.8) is 0 Å². The average Bonchev–Trinajstić information content (AvgIpc) is 2.55. The lowest BCUT2D eigenvalue weighted by Crippen LogP contribution is -2.42. The van der Waals surface area contributed by atoms with Crippen molar-refractivity contribution < 1.29 is 19.8 Å². The van der Waals surface area contributed by atoms with Crippen molar-refractivity contribution >= 4 is 11.9 Å². The van der Waals surface area contributed by atoms with Crippen molar-refractivity contribution in [2.24, 2.45) is 5.92 Å². The second-order valence-corrected chi connectivity index (χ2v) is 3.56. The van der Waals surface area contributed by atoms with Gasteiger partial charge in [-0.2, -0.15) is 0 Å². The molecule has 1 fully saturated rings. The lowest BCUT2D eigenvalue weighted by Gasteiger charge is -2.22. The SMILES string of the molecule is C#CC[C@@H](C(=O)O)N1CC(CO)CC1=O. The third-order valence-electron chi connectivity index (χ3n) is 2.47. The monoisotopic (exact) mass is 211 g/mol. The Bertz CT molecular complexity index is 307. The maximum atomic E-state index is 11.4. The lowest BCUT2D eigenvalue weighted by atomic mass is 10.1. The van der Waals surface area contributed by atoms with Gasteiger partial charge in [-0.15, -0.1) is 12.3 Å². The van der Waals surface area contributed by atoms with Gasteiger partial charge in [-0.3, -0.25) is 4.79 Å². The number of nitrogens with zero attached hydrogens (tertiary/aromatic N) is 1. The number of aliphatic hydroxyl groups is 1. The minimum Gasteiger partial charge on any atom is -0.480 e. The van der Waals surface area contributed by atoms with Crippen molar-refractivity contribution in [1.29, 1.82) is 0 Å². The highest BCUT2D eigenvalue weighted by Gasteiger charge is 2.36. The molecule has 0 aromatic heterocycles. The van der Waals surface area contributed by atoms with Crippen molar-refractivity contribution in [3.8, 4) is 12.3 Å². The lowest BCUT2D eigenvalue weighted by molar-refractivity contribution is -0.148. The van der Waals surface area contributed by atoms with Gasteiger partial charge in [0.15, 0.2) is 0 Å². The van der Waals surface area contributed by atoms with Crippen LogP contribution in [0.2, 0.25) is 0 Å². The average molecular weight is 211 g/mol. The van der Waals surface area contributed by atoms with E-state index >= 15 is 0 Å². The van der Waals surface area contributed by atoms with Gasteiger partial charge in [0.05, 0.1) is 0 Å². The number of carbonyl (C=O) groups is 2. The van der Waals surface area contributed by atoms with Crippen molar-refractivity contribution in [1.82, 2.24) is 4.90 Å². The molecule has 1 amide bonds. The van der Waals surface area contributed by atoms with Crippen LogP contribution in [0.4, 0.5) is 0 Å². The number of likely N-dealkylation sites (tertiary alicyclic amines) is 1. The number of carboxylic acids is 1. The summed E-state index contributed by atoms with van der Waals surface area (Å²) in [5.41, 5.74) is 0. The normalized spacial score (nSPS) is 22.5. The molecular weight excluding hydrogens is 198 g/mol. The Hall–Kier alpha value is -1.54. The summed E-state index contributed by atoms with van der Waals surface area (Å²) in [5.74, 6) is 0.722. The van der Waals surface area contributed by atoms with E-state index in [4.69, 9.17) is 16.6 Å². The molecule has 2 atom stereocenters. The van der Waals surface area contributed by atoms with E-state index in [-0.39, 0.29) is 37.8 Å². The van der Waals surface area contributed by atoms with Gasteiger partial charge < -0.3 is 15.1 Å². The number of carbonyl (C=O) groups excluding carboxylic acids is 1. The van der Waals surface area contributed by atoms with Gasteiger partial charge in [0.1, 0.15) is 6.04 Å². The number of carboxylic acid groups (broad SMARTS) is 1. The summed E-state index contributed by atoms with van der Waals surface area (Å²) in [7, 11) is 0. The van der Waals surface area contributed by atoms with Crippen LogP contribution >= 0.6 is 0 Å². The van der Waals surface area contributed by atoms with Gasteiger partial charge >= 0.3 is 5.97 Å². The van der Waals surface area contributed by atoms with Crippen LogP contribution in [0.15, 0.2) is 0 Å². The van der Waals surface area contributed by atoms with E-state index in [9.17, 15) is 9.59 Å². The zero-order chi connectivity index (χ0) is 11.4. The molecule has 1 rings (SSSR count). The van der Waals surface area contributed by atoms with Crippen LogP contribution < -0.4 is 0 Å². The Morgan fingerprint density at radius 2 is 2.40 bits per heavy atom. The summed E-state index contributed by atoms with van der Waals surface area (Å²) in [6.07, 6.45) is 5.25. The Labute approximate surface area is 87.7 Å². The molecule has 0 bridgehead atoms. The molecule has 1 saturated heterocycles. The van der Waals surface area contributed by atoms with E-state index < -0.39 is 12.0 Å². The first-order valence-electron chi connectivity index (χ1n) is 4.66. The quantitative estimate of drug-likeness (QED) is 0.603. The highest BCUT2D eigenvalue weighted by atomic mass is 16.4. The van der Waals surface area contributed by atoms with Gasteiger partial charge in [0.25, 0.3) is 0 Å². The summed E-state index contributed by atoms with van der Waals surface area (Å²) >= 11 is 0. The number of amides is 1. The molecule has 0 aromatic carbocycles. The maximum Gasteiger partial charge on any atom is 0.327 e. The maximum absolute atomic E-state index is 11.4. The fraction of sp³-hybridized carbons (Fsp3) is 0.600. The van der Waals surface area contributed by atoms with Crippen LogP contribution in [0.25, 0.3) is 0 Å². The van der Waals surface area contributed by atoms with Crippen molar-refractivity contribution in [3.05, 3.63) is 0 Å². The first kappa shape index (κ1) is 11.5. The van der Waals surface area contributed by atoms with Crippen LogP contribution in [-0.4, -0.2) is 46.2 Å². The summed E-state index contributed by atoms with van der Waals surface area (Å²) < 4.78 is 0. The molecule has 82 valence electrons. The molecule has 0 aliphatic carbocycles. The largest absolute Gasteiger partial charge is 0.480 e. The summed E-state index contributed by atoms with van der Waals surface area (Å²) in [6, 6.07) is -0.959.